The SMILES string of the molecule is N#Cc1c(-c2ccccc2C(F)(F)F)cc(-c2ccc(Cl)c(Cl)c2)[nH]c1=O. The number of benzene rings is 2. The summed E-state index contributed by atoms with van der Waals surface area (Å²) in [6.07, 6.45) is -4.64. The van der Waals surface area contributed by atoms with E-state index >= 15 is 0 Å². The molecule has 27 heavy (non-hydrogen) atoms. The minimum Gasteiger partial charge on any atom is -0.321 e. The fraction of sp³-hybridized carbons (Fsp3) is 0.0526. The Balaban J connectivity index is 2.32. The van der Waals surface area contributed by atoms with Crippen LogP contribution in [0.5, 0.6) is 0 Å². The molecule has 3 nitrogen and oxygen atoms in total. The van der Waals surface area contributed by atoms with E-state index in [0.29, 0.717) is 10.6 Å². The minimum atomic E-state index is -4.64. The van der Waals surface area contributed by atoms with E-state index in [0.717, 1.165) is 6.07 Å². The lowest BCUT2D eigenvalue weighted by Crippen LogP contribution is -2.14. The van der Waals surface area contributed by atoms with Crippen molar-refractivity contribution in [2.24, 2.45) is 0 Å². The van der Waals surface area contributed by atoms with Gasteiger partial charge in [0.25, 0.3) is 5.56 Å². The van der Waals surface area contributed by atoms with Gasteiger partial charge >= 0.3 is 6.18 Å². The molecule has 0 aliphatic rings. The zero-order valence-corrected chi connectivity index (χ0v) is 14.9. The van der Waals surface area contributed by atoms with Crippen molar-refractivity contribution in [2.75, 3.05) is 0 Å². The summed E-state index contributed by atoms with van der Waals surface area (Å²) in [4.78, 5) is 14.8. The predicted molar refractivity (Wildman–Crippen MR) is 97.7 cm³/mol. The molecule has 0 aliphatic carbocycles. The van der Waals surface area contributed by atoms with E-state index in [1.54, 1.807) is 12.1 Å². The molecule has 3 rings (SSSR count). The summed E-state index contributed by atoms with van der Waals surface area (Å²) in [6, 6.07) is 12.3. The lowest BCUT2D eigenvalue weighted by atomic mass is 9.95. The third kappa shape index (κ3) is 3.70. The number of hydrogen-bond donors (Lipinski definition) is 1. The average molecular weight is 409 g/mol. The third-order valence-electron chi connectivity index (χ3n) is 3.90. The quantitative estimate of drug-likeness (QED) is 0.573. The molecule has 1 heterocycles. The number of aromatic nitrogens is 1. The van der Waals surface area contributed by atoms with E-state index in [1.165, 1.54) is 36.4 Å². The summed E-state index contributed by atoms with van der Waals surface area (Å²) < 4.78 is 40.2. The number of pyridine rings is 1. The van der Waals surface area contributed by atoms with Crippen LogP contribution in [0.1, 0.15) is 11.1 Å². The van der Waals surface area contributed by atoms with Crippen LogP contribution in [0.15, 0.2) is 53.3 Å². The Morgan fingerprint density at radius 2 is 1.67 bits per heavy atom. The second-order valence-corrected chi connectivity index (χ2v) is 6.40. The van der Waals surface area contributed by atoms with Gasteiger partial charge in [-0.2, -0.15) is 18.4 Å². The first-order valence-corrected chi connectivity index (χ1v) is 8.27. The largest absolute Gasteiger partial charge is 0.417 e. The van der Waals surface area contributed by atoms with Gasteiger partial charge in [-0.3, -0.25) is 4.79 Å². The second-order valence-electron chi connectivity index (χ2n) is 5.58. The van der Waals surface area contributed by atoms with Crippen LogP contribution in [-0.4, -0.2) is 4.98 Å². The molecule has 3 aromatic rings. The molecule has 0 amide bonds. The summed E-state index contributed by atoms with van der Waals surface area (Å²) in [5.41, 5.74) is -1.86. The highest BCUT2D eigenvalue weighted by atomic mass is 35.5. The van der Waals surface area contributed by atoms with Crippen LogP contribution in [0, 0.1) is 11.3 Å². The molecular weight excluding hydrogens is 400 g/mol. The van der Waals surface area contributed by atoms with Crippen LogP contribution in [0.2, 0.25) is 10.0 Å². The van der Waals surface area contributed by atoms with Crippen molar-refractivity contribution in [2.45, 2.75) is 6.18 Å². The smallest absolute Gasteiger partial charge is 0.321 e. The Labute approximate surface area is 161 Å². The first-order chi connectivity index (χ1) is 12.7. The Morgan fingerprint density at radius 1 is 0.963 bits per heavy atom. The topological polar surface area (TPSA) is 56.6 Å². The van der Waals surface area contributed by atoms with Gasteiger partial charge in [0.2, 0.25) is 0 Å². The van der Waals surface area contributed by atoms with E-state index in [1.807, 2.05) is 0 Å². The molecule has 0 bridgehead atoms. The van der Waals surface area contributed by atoms with Gasteiger partial charge in [0.1, 0.15) is 11.6 Å². The number of nitriles is 1. The van der Waals surface area contributed by atoms with E-state index < -0.39 is 22.9 Å². The van der Waals surface area contributed by atoms with Gasteiger partial charge in [-0.15, -0.1) is 0 Å². The van der Waals surface area contributed by atoms with E-state index in [2.05, 4.69) is 4.98 Å². The van der Waals surface area contributed by atoms with Gasteiger partial charge in [-0.25, -0.2) is 0 Å². The number of hydrogen-bond acceptors (Lipinski definition) is 2. The normalized spacial score (nSPS) is 11.3. The molecule has 2 aromatic carbocycles. The lowest BCUT2D eigenvalue weighted by Gasteiger charge is -2.14. The van der Waals surface area contributed by atoms with Crippen molar-refractivity contribution in [1.82, 2.24) is 4.98 Å². The zero-order valence-electron chi connectivity index (χ0n) is 13.4. The predicted octanol–water partition coefficient (Wildman–Crippen LogP) is 5.91. The van der Waals surface area contributed by atoms with Crippen molar-refractivity contribution < 1.29 is 13.2 Å². The van der Waals surface area contributed by atoms with Crippen LogP contribution >= 0.6 is 23.2 Å². The standard InChI is InChI=1S/C19H9Cl2F3N2O/c20-15-6-5-10(7-16(15)21)17-8-12(13(9-25)18(27)26-17)11-3-1-2-4-14(11)19(22,23)24/h1-8H,(H,26,27). The molecule has 0 radical (unpaired) electrons. The molecular formula is C19H9Cl2F3N2O. The molecule has 0 atom stereocenters. The Morgan fingerprint density at radius 3 is 2.30 bits per heavy atom. The summed E-state index contributed by atoms with van der Waals surface area (Å²) in [5.74, 6) is 0. The fourth-order valence-electron chi connectivity index (χ4n) is 2.67. The first kappa shape index (κ1) is 19.0. The molecule has 136 valence electrons. The molecule has 0 saturated carbocycles. The van der Waals surface area contributed by atoms with Gasteiger partial charge in [-0.1, -0.05) is 47.5 Å². The summed E-state index contributed by atoms with van der Waals surface area (Å²) in [7, 11) is 0. The van der Waals surface area contributed by atoms with Crippen molar-refractivity contribution in [3.63, 3.8) is 0 Å². The summed E-state index contributed by atoms with van der Waals surface area (Å²) in [5, 5.41) is 9.82. The van der Waals surface area contributed by atoms with Gasteiger partial charge in [0, 0.05) is 11.3 Å². The highest BCUT2D eigenvalue weighted by Crippen LogP contribution is 2.38. The molecule has 8 heteroatoms. The van der Waals surface area contributed by atoms with Crippen LogP contribution < -0.4 is 5.56 Å². The second kappa shape index (κ2) is 7.10. The molecule has 1 aromatic heterocycles. The molecule has 0 unspecified atom stereocenters. The summed E-state index contributed by atoms with van der Waals surface area (Å²) >= 11 is 11.9. The monoisotopic (exact) mass is 408 g/mol. The zero-order chi connectivity index (χ0) is 19.8. The number of H-pyrrole nitrogens is 1. The number of aromatic amines is 1. The van der Waals surface area contributed by atoms with Crippen molar-refractivity contribution in [3.8, 4) is 28.5 Å². The van der Waals surface area contributed by atoms with Crippen molar-refractivity contribution in [3.05, 3.63) is 80.1 Å². The van der Waals surface area contributed by atoms with Crippen LogP contribution in [0.4, 0.5) is 13.2 Å². The van der Waals surface area contributed by atoms with Crippen molar-refractivity contribution in [1.29, 1.82) is 5.26 Å². The highest BCUT2D eigenvalue weighted by molar-refractivity contribution is 6.42. The van der Waals surface area contributed by atoms with E-state index in [4.69, 9.17) is 23.2 Å². The Hall–Kier alpha value is -2.75. The number of nitrogens with zero attached hydrogens (tertiary/aromatic N) is 1. The fourth-order valence-corrected chi connectivity index (χ4v) is 2.97. The number of rotatable bonds is 2. The number of nitrogens with one attached hydrogen (secondary N) is 1. The maximum atomic E-state index is 13.4. The molecule has 0 fully saturated rings. The molecule has 0 spiro atoms. The van der Waals surface area contributed by atoms with Gasteiger partial charge in [-0.05, 0) is 35.4 Å². The maximum Gasteiger partial charge on any atom is 0.417 e. The molecule has 1 N–H and O–H groups in total. The molecule has 0 saturated heterocycles. The van der Waals surface area contributed by atoms with E-state index in [9.17, 15) is 23.2 Å². The van der Waals surface area contributed by atoms with Gasteiger partial charge < -0.3 is 4.98 Å². The third-order valence-corrected chi connectivity index (χ3v) is 4.64. The lowest BCUT2D eigenvalue weighted by molar-refractivity contribution is -0.137. The highest BCUT2D eigenvalue weighted by Gasteiger charge is 2.34. The van der Waals surface area contributed by atoms with Gasteiger partial charge in [0.15, 0.2) is 0 Å². The first-order valence-electron chi connectivity index (χ1n) is 7.52. The molecule has 0 aliphatic heterocycles. The number of alkyl halides is 3. The van der Waals surface area contributed by atoms with E-state index in [-0.39, 0.29) is 21.8 Å². The van der Waals surface area contributed by atoms with Crippen molar-refractivity contribution >= 4 is 23.2 Å². The maximum absolute atomic E-state index is 13.4. The average Bonchev–Trinajstić information content (AvgIpc) is 2.62. The minimum absolute atomic E-state index is 0.116. The number of halogens is 5. The van der Waals surface area contributed by atoms with Crippen LogP contribution in [0.3, 0.4) is 0 Å². The summed E-state index contributed by atoms with van der Waals surface area (Å²) in [6.45, 7) is 0. The Kier molecular flexibility index (Phi) is 5.01. The Bertz CT molecular complexity index is 1130. The van der Waals surface area contributed by atoms with Crippen LogP contribution in [-0.2, 0) is 6.18 Å². The van der Waals surface area contributed by atoms with Crippen LogP contribution in [0.25, 0.3) is 22.4 Å². The van der Waals surface area contributed by atoms with Gasteiger partial charge in [0.05, 0.1) is 15.6 Å².